The second kappa shape index (κ2) is 18.7. The van der Waals surface area contributed by atoms with Crippen molar-refractivity contribution < 1.29 is 9.84 Å². The largest absolute Gasteiger partial charge is 0.394 e. The molecule has 0 amide bonds. The summed E-state index contributed by atoms with van der Waals surface area (Å²) in [4.78, 5) is 0. The Morgan fingerprint density at radius 2 is 1.22 bits per heavy atom. The van der Waals surface area contributed by atoms with Crippen LogP contribution in [-0.4, -0.2) is 24.9 Å². The Labute approximate surface area is 142 Å². The molecular formula is C21H34O2. The molecule has 0 radical (unpaired) electrons. The smallest absolute Gasteiger partial charge is 0.0836 e. The third-order valence-electron chi connectivity index (χ3n) is 3.32. The van der Waals surface area contributed by atoms with Crippen LogP contribution in [0.4, 0.5) is 0 Å². The van der Waals surface area contributed by atoms with Crippen LogP contribution in [0.2, 0.25) is 0 Å². The van der Waals surface area contributed by atoms with E-state index in [-0.39, 0.29) is 12.7 Å². The molecule has 1 unspecified atom stereocenters. The quantitative estimate of drug-likeness (QED) is 0.337. The van der Waals surface area contributed by atoms with E-state index in [0.717, 1.165) is 44.9 Å². The van der Waals surface area contributed by atoms with Gasteiger partial charge in [-0.2, -0.15) is 0 Å². The molecule has 0 aliphatic rings. The molecule has 0 fully saturated rings. The van der Waals surface area contributed by atoms with Crippen LogP contribution >= 0.6 is 0 Å². The lowest BCUT2D eigenvalue weighted by atomic mass is 10.2. The number of ether oxygens (including phenoxy) is 1. The Morgan fingerprint density at radius 1 is 0.739 bits per heavy atom. The summed E-state index contributed by atoms with van der Waals surface area (Å²) in [7, 11) is 1.63. The zero-order valence-corrected chi connectivity index (χ0v) is 14.9. The highest BCUT2D eigenvalue weighted by Crippen LogP contribution is 2.01. The van der Waals surface area contributed by atoms with Crippen LogP contribution in [0.15, 0.2) is 60.8 Å². The molecule has 0 aromatic carbocycles. The molecule has 1 N–H and O–H groups in total. The molecule has 0 spiro atoms. The first kappa shape index (κ1) is 21.6. The summed E-state index contributed by atoms with van der Waals surface area (Å²) in [6.45, 7) is 2.23. The minimum atomic E-state index is -0.0661. The Bertz CT molecular complexity index is 371. The second-order valence-corrected chi connectivity index (χ2v) is 5.33. The van der Waals surface area contributed by atoms with Crippen LogP contribution in [-0.2, 0) is 4.74 Å². The van der Waals surface area contributed by atoms with Gasteiger partial charge in [-0.05, 0) is 44.9 Å². The molecular weight excluding hydrogens is 284 g/mol. The van der Waals surface area contributed by atoms with E-state index in [9.17, 15) is 0 Å². The maximum Gasteiger partial charge on any atom is 0.0836 e. The number of allylic oxidation sites excluding steroid dienone is 9. The van der Waals surface area contributed by atoms with Crippen LogP contribution in [0.5, 0.6) is 0 Å². The number of unbranched alkanes of at least 4 members (excludes halogenated alkanes) is 1. The lowest BCUT2D eigenvalue weighted by Gasteiger charge is -2.07. The summed E-state index contributed by atoms with van der Waals surface area (Å²) < 4.78 is 5.09. The fourth-order valence-electron chi connectivity index (χ4n) is 1.90. The van der Waals surface area contributed by atoms with E-state index in [1.807, 2.05) is 0 Å². The SMILES string of the molecule is CC/C=C\C/C=C\C/C=C\C/C=C\CC/C=C/CC(CO)OC. The highest BCUT2D eigenvalue weighted by molar-refractivity contribution is 4.99. The molecule has 0 rings (SSSR count). The molecule has 0 saturated heterocycles. The van der Waals surface area contributed by atoms with Crippen molar-refractivity contribution >= 4 is 0 Å². The Kier molecular flexibility index (Phi) is 17.5. The molecule has 23 heavy (non-hydrogen) atoms. The van der Waals surface area contributed by atoms with E-state index in [1.165, 1.54) is 0 Å². The number of methoxy groups -OCH3 is 1. The van der Waals surface area contributed by atoms with Crippen molar-refractivity contribution in [3.63, 3.8) is 0 Å². The highest BCUT2D eigenvalue weighted by atomic mass is 16.5. The standard InChI is InChI=1S/C21H34O2/c1-3-4-5-6-7-8-9-10-11-12-13-14-15-16-17-18-19-21(20-22)23-2/h4-5,7-8,10-11,13-14,17-18,21-22H,3,6,9,12,15-16,19-20H2,1-2H3/b5-4-,8-7-,11-10-,14-13-,18-17+. The van der Waals surface area contributed by atoms with Gasteiger partial charge in [-0.3, -0.25) is 0 Å². The van der Waals surface area contributed by atoms with Gasteiger partial charge in [0.15, 0.2) is 0 Å². The summed E-state index contributed by atoms with van der Waals surface area (Å²) >= 11 is 0. The van der Waals surface area contributed by atoms with E-state index in [2.05, 4.69) is 67.7 Å². The summed E-state index contributed by atoms with van der Waals surface area (Å²) in [6, 6.07) is 0. The first-order valence-corrected chi connectivity index (χ1v) is 8.73. The van der Waals surface area contributed by atoms with Crippen LogP contribution in [0.1, 0.15) is 51.9 Å². The number of rotatable bonds is 14. The molecule has 2 heteroatoms. The van der Waals surface area contributed by atoms with E-state index >= 15 is 0 Å². The fourth-order valence-corrected chi connectivity index (χ4v) is 1.90. The van der Waals surface area contributed by atoms with Crippen molar-refractivity contribution in [2.45, 2.75) is 58.0 Å². The molecule has 0 aromatic heterocycles. The Balaban J connectivity index is 3.51. The van der Waals surface area contributed by atoms with Crippen molar-refractivity contribution in [3.8, 4) is 0 Å². The maximum absolute atomic E-state index is 8.97. The summed E-state index contributed by atoms with van der Waals surface area (Å²) in [5.74, 6) is 0. The van der Waals surface area contributed by atoms with E-state index in [1.54, 1.807) is 7.11 Å². The molecule has 2 nitrogen and oxygen atoms in total. The van der Waals surface area contributed by atoms with Gasteiger partial charge < -0.3 is 9.84 Å². The molecule has 0 aromatic rings. The van der Waals surface area contributed by atoms with Crippen LogP contribution in [0.25, 0.3) is 0 Å². The summed E-state index contributed by atoms with van der Waals surface area (Å²) in [5.41, 5.74) is 0. The van der Waals surface area contributed by atoms with Gasteiger partial charge in [0.1, 0.15) is 0 Å². The van der Waals surface area contributed by atoms with Gasteiger partial charge in [-0.25, -0.2) is 0 Å². The van der Waals surface area contributed by atoms with Crippen molar-refractivity contribution in [2.24, 2.45) is 0 Å². The summed E-state index contributed by atoms with van der Waals surface area (Å²) in [5, 5.41) is 8.97. The molecule has 0 heterocycles. The first-order valence-electron chi connectivity index (χ1n) is 8.73. The average molecular weight is 319 g/mol. The van der Waals surface area contributed by atoms with E-state index in [0.29, 0.717) is 0 Å². The third-order valence-corrected chi connectivity index (χ3v) is 3.32. The normalized spacial score (nSPS) is 14.4. The summed E-state index contributed by atoms with van der Waals surface area (Å²) in [6.07, 6.45) is 28.9. The lowest BCUT2D eigenvalue weighted by molar-refractivity contribution is 0.0513. The van der Waals surface area contributed by atoms with Crippen molar-refractivity contribution in [2.75, 3.05) is 13.7 Å². The Morgan fingerprint density at radius 3 is 1.70 bits per heavy atom. The fraction of sp³-hybridized carbons (Fsp3) is 0.524. The van der Waals surface area contributed by atoms with Gasteiger partial charge in [-0.15, -0.1) is 0 Å². The van der Waals surface area contributed by atoms with E-state index in [4.69, 9.17) is 9.84 Å². The minimum Gasteiger partial charge on any atom is -0.394 e. The molecule has 130 valence electrons. The van der Waals surface area contributed by atoms with Crippen LogP contribution in [0.3, 0.4) is 0 Å². The van der Waals surface area contributed by atoms with Crippen molar-refractivity contribution in [3.05, 3.63) is 60.8 Å². The Hall–Kier alpha value is -1.38. The molecule has 1 atom stereocenters. The number of hydrogen-bond donors (Lipinski definition) is 1. The zero-order valence-electron chi connectivity index (χ0n) is 14.9. The van der Waals surface area contributed by atoms with E-state index < -0.39 is 0 Å². The van der Waals surface area contributed by atoms with Gasteiger partial charge >= 0.3 is 0 Å². The average Bonchev–Trinajstić information content (AvgIpc) is 2.58. The van der Waals surface area contributed by atoms with Gasteiger partial charge in [0.05, 0.1) is 12.7 Å². The minimum absolute atomic E-state index is 0.0661. The lowest BCUT2D eigenvalue weighted by Crippen LogP contribution is -2.13. The predicted molar refractivity (Wildman–Crippen MR) is 102 cm³/mol. The first-order chi connectivity index (χ1) is 11.3. The second-order valence-electron chi connectivity index (χ2n) is 5.33. The van der Waals surface area contributed by atoms with Gasteiger partial charge in [0.2, 0.25) is 0 Å². The number of hydrogen-bond acceptors (Lipinski definition) is 2. The molecule has 0 aliphatic carbocycles. The van der Waals surface area contributed by atoms with Crippen molar-refractivity contribution in [1.82, 2.24) is 0 Å². The van der Waals surface area contributed by atoms with Crippen LogP contribution in [0, 0.1) is 0 Å². The predicted octanol–water partition coefficient (Wildman–Crippen LogP) is 5.53. The number of aliphatic hydroxyl groups excluding tert-OH is 1. The van der Waals surface area contributed by atoms with Crippen LogP contribution < -0.4 is 0 Å². The zero-order chi connectivity index (χ0) is 17.0. The van der Waals surface area contributed by atoms with Crippen molar-refractivity contribution in [1.29, 1.82) is 0 Å². The van der Waals surface area contributed by atoms with Gasteiger partial charge in [-0.1, -0.05) is 67.7 Å². The molecule has 0 saturated carbocycles. The monoisotopic (exact) mass is 318 g/mol. The topological polar surface area (TPSA) is 29.5 Å². The highest BCUT2D eigenvalue weighted by Gasteiger charge is 2.00. The van der Waals surface area contributed by atoms with Gasteiger partial charge in [0.25, 0.3) is 0 Å². The maximum atomic E-state index is 8.97. The third kappa shape index (κ3) is 16.8. The molecule has 0 bridgehead atoms. The van der Waals surface area contributed by atoms with Gasteiger partial charge in [0, 0.05) is 7.11 Å². The molecule has 0 aliphatic heterocycles. The number of aliphatic hydroxyl groups is 1.